The number of thioether (sulfide) groups is 1. The summed E-state index contributed by atoms with van der Waals surface area (Å²) in [7, 11) is 0. The van der Waals surface area contributed by atoms with Crippen LogP contribution in [0.2, 0.25) is 0 Å². The van der Waals surface area contributed by atoms with Gasteiger partial charge in [-0.3, -0.25) is 4.79 Å². The number of fused-ring (bicyclic) bond motifs is 1. The summed E-state index contributed by atoms with van der Waals surface area (Å²) in [6.07, 6.45) is 0. The number of anilines is 1. The lowest BCUT2D eigenvalue weighted by molar-refractivity contribution is -0.115. The molecule has 2 heterocycles. The van der Waals surface area contributed by atoms with Crippen molar-refractivity contribution < 1.29 is 23.1 Å². The highest BCUT2D eigenvalue weighted by atomic mass is 32.2. The number of hydrogen-bond acceptors (Lipinski definition) is 7. The molecule has 0 aliphatic carbocycles. The van der Waals surface area contributed by atoms with Gasteiger partial charge in [0.15, 0.2) is 11.5 Å². The highest BCUT2D eigenvalue weighted by Gasteiger charge is 2.20. The van der Waals surface area contributed by atoms with E-state index in [-0.39, 0.29) is 23.7 Å². The number of nitrogens with one attached hydrogen (secondary N) is 1. The Bertz CT molecular complexity index is 977. The number of nitrogens with zero attached hydrogens (tertiary/aromatic N) is 2. The minimum Gasteiger partial charge on any atom is -0.454 e. The summed E-state index contributed by atoms with van der Waals surface area (Å²) in [5.74, 6) is 0.986. The van der Waals surface area contributed by atoms with Crippen LogP contribution in [0.4, 0.5) is 10.1 Å². The van der Waals surface area contributed by atoms with Crippen molar-refractivity contribution in [2.45, 2.75) is 17.4 Å². The molecule has 0 radical (unpaired) electrons. The SMILES string of the molecule is C[C@@H](Sc1nnc(-c2ccc3c(c2)OCO3)o1)C(=O)Nc1ccc(F)cc1. The molecule has 9 heteroatoms. The Morgan fingerprint density at radius 1 is 1.15 bits per heavy atom. The van der Waals surface area contributed by atoms with Gasteiger partial charge in [0.2, 0.25) is 18.6 Å². The highest BCUT2D eigenvalue weighted by Crippen LogP contribution is 2.36. The Labute approximate surface area is 157 Å². The Hall–Kier alpha value is -3.07. The first-order valence-electron chi connectivity index (χ1n) is 8.05. The summed E-state index contributed by atoms with van der Waals surface area (Å²) in [6.45, 7) is 1.90. The minimum atomic E-state index is -0.486. The standard InChI is InChI=1S/C18H14FN3O4S/c1-10(16(23)20-13-5-3-12(19)4-6-13)27-18-22-21-17(26-18)11-2-7-14-15(8-11)25-9-24-14/h2-8,10H,9H2,1H3,(H,20,23)/t10-/m1/s1. The number of ether oxygens (including phenoxy) is 2. The molecule has 7 nitrogen and oxygen atoms in total. The number of carbonyl (C=O) groups is 1. The molecule has 0 saturated heterocycles. The number of aromatic nitrogens is 2. The second kappa shape index (κ2) is 7.28. The van der Waals surface area contributed by atoms with Crippen molar-refractivity contribution in [3.05, 3.63) is 48.3 Å². The average Bonchev–Trinajstić information content (AvgIpc) is 3.32. The zero-order chi connectivity index (χ0) is 18.8. The topological polar surface area (TPSA) is 86.5 Å². The predicted molar refractivity (Wildman–Crippen MR) is 96.2 cm³/mol. The van der Waals surface area contributed by atoms with Gasteiger partial charge < -0.3 is 19.2 Å². The van der Waals surface area contributed by atoms with Gasteiger partial charge in [-0.05, 0) is 49.4 Å². The molecule has 1 atom stereocenters. The Morgan fingerprint density at radius 2 is 1.93 bits per heavy atom. The van der Waals surface area contributed by atoms with E-state index in [0.29, 0.717) is 28.6 Å². The van der Waals surface area contributed by atoms with E-state index in [1.807, 2.05) is 0 Å². The van der Waals surface area contributed by atoms with Crippen molar-refractivity contribution in [1.29, 1.82) is 0 Å². The van der Waals surface area contributed by atoms with Crippen LogP contribution in [0, 0.1) is 5.82 Å². The van der Waals surface area contributed by atoms with E-state index in [4.69, 9.17) is 13.9 Å². The molecular formula is C18H14FN3O4S. The van der Waals surface area contributed by atoms with E-state index >= 15 is 0 Å². The number of amides is 1. The van der Waals surface area contributed by atoms with E-state index < -0.39 is 5.25 Å². The number of halogens is 1. The van der Waals surface area contributed by atoms with Gasteiger partial charge in [0.25, 0.3) is 5.22 Å². The molecule has 0 saturated carbocycles. The van der Waals surface area contributed by atoms with Crippen LogP contribution in [0.25, 0.3) is 11.5 Å². The summed E-state index contributed by atoms with van der Waals surface area (Å²) in [5, 5.41) is 10.5. The van der Waals surface area contributed by atoms with Crippen molar-refractivity contribution in [2.24, 2.45) is 0 Å². The molecule has 0 unspecified atom stereocenters. The summed E-state index contributed by atoms with van der Waals surface area (Å²) >= 11 is 1.13. The third-order valence-corrected chi connectivity index (χ3v) is 4.72. The first-order valence-corrected chi connectivity index (χ1v) is 8.93. The Balaban J connectivity index is 1.41. The van der Waals surface area contributed by atoms with Crippen LogP contribution < -0.4 is 14.8 Å². The molecular weight excluding hydrogens is 373 g/mol. The number of carbonyl (C=O) groups excluding carboxylic acids is 1. The van der Waals surface area contributed by atoms with Gasteiger partial charge in [-0.1, -0.05) is 11.8 Å². The van der Waals surface area contributed by atoms with Crippen LogP contribution in [0.5, 0.6) is 11.5 Å². The van der Waals surface area contributed by atoms with Crippen molar-refractivity contribution in [2.75, 3.05) is 12.1 Å². The fourth-order valence-corrected chi connectivity index (χ4v) is 3.07. The van der Waals surface area contributed by atoms with Crippen LogP contribution in [0.15, 0.2) is 52.1 Å². The first-order chi connectivity index (χ1) is 13.1. The monoisotopic (exact) mass is 387 g/mol. The van der Waals surface area contributed by atoms with Gasteiger partial charge >= 0.3 is 0 Å². The molecule has 1 aliphatic rings. The van der Waals surface area contributed by atoms with E-state index in [0.717, 1.165) is 11.8 Å². The first kappa shape index (κ1) is 17.3. The van der Waals surface area contributed by atoms with Crippen LogP contribution >= 0.6 is 11.8 Å². The molecule has 0 fully saturated rings. The molecule has 3 aromatic rings. The van der Waals surface area contributed by atoms with Gasteiger partial charge in [-0.15, -0.1) is 10.2 Å². The van der Waals surface area contributed by atoms with E-state index in [1.54, 1.807) is 25.1 Å². The lowest BCUT2D eigenvalue weighted by Crippen LogP contribution is -2.22. The fraction of sp³-hybridized carbons (Fsp3) is 0.167. The molecule has 1 N–H and O–H groups in total. The second-order valence-electron chi connectivity index (χ2n) is 5.70. The van der Waals surface area contributed by atoms with Crippen LogP contribution in [0.3, 0.4) is 0 Å². The normalized spacial score (nSPS) is 13.4. The molecule has 2 aromatic carbocycles. The molecule has 0 spiro atoms. The smallest absolute Gasteiger partial charge is 0.277 e. The zero-order valence-electron chi connectivity index (χ0n) is 14.1. The van der Waals surface area contributed by atoms with E-state index in [2.05, 4.69) is 15.5 Å². The largest absolute Gasteiger partial charge is 0.454 e. The number of hydrogen-bond donors (Lipinski definition) is 1. The van der Waals surface area contributed by atoms with Crippen molar-refractivity contribution >= 4 is 23.4 Å². The summed E-state index contributed by atoms with van der Waals surface area (Å²) < 4.78 is 29.2. The maximum atomic E-state index is 12.9. The van der Waals surface area contributed by atoms with Crippen LogP contribution in [-0.2, 0) is 4.79 Å². The third kappa shape index (κ3) is 3.87. The fourth-order valence-electron chi connectivity index (χ4n) is 2.39. The highest BCUT2D eigenvalue weighted by molar-refractivity contribution is 8.00. The van der Waals surface area contributed by atoms with Gasteiger partial charge in [-0.25, -0.2) is 4.39 Å². The van der Waals surface area contributed by atoms with Crippen molar-refractivity contribution in [3.63, 3.8) is 0 Å². The summed E-state index contributed by atoms with van der Waals surface area (Å²) in [6, 6.07) is 10.9. The van der Waals surface area contributed by atoms with Gasteiger partial charge in [0.05, 0.1) is 5.25 Å². The van der Waals surface area contributed by atoms with E-state index in [9.17, 15) is 9.18 Å². The van der Waals surface area contributed by atoms with Crippen LogP contribution in [-0.4, -0.2) is 28.1 Å². The summed E-state index contributed by atoms with van der Waals surface area (Å²) in [4.78, 5) is 12.3. The summed E-state index contributed by atoms with van der Waals surface area (Å²) in [5.41, 5.74) is 1.21. The van der Waals surface area contributed by atoms with Gasteiger partial charge in [0.1, 0.15) is 5.82 Å². The Morgan fingerprint density at radius 3 is 2.74 bits per heavy atom. The predicted octanol–water partition coefficient (Wildman–Crippen LogP) is 3.72. The minimum absolute atomic E-state index is 0.185. The molecule has 1 aromatic heterocycles. The molecule has 27 heavy (non-hydrogen) atoms. The van der Waals surface area contributed by atoms with Crippen molar-refractivity contribution in [1.82, 2.24) is 10.2 Å². The maximum Gasteiger partial charge on any atom is 0.277 e. The maximum absolute atomic E-state index is 12.9. The molecule has 138 valence electrons. The van der Waals surface area contributed by atoms with Crippen LogP contribution in [0.1, 0.15) is 6.92 Å². The van der Waals surface area contributed by atoms with Gasteiger partial charge in [-0.2, -0.15) is 0 Å². The molecule has 1 aliphatic heterocycles. The number of benzene rings is 2. The Kier molecular flexibility index (Phi) is 4.68. The van der Waals surface area contributed by atoms with Crippen molar-refractivity contribution in [3.8, 4) is 23.0 Å². The quantitative estimate of drug-likeness (QED) is 0.668. The van der Waals surface area contributed by atoms with E-state index in [1.165, 1.54) is 24.3 Å². The van der Waals surface area contributed by atoms with Gasteiger partial charge in [0, 0.05) is 11.3 Å². The second-order valence-corrected chi connectivity index (χ2v) is 6.99. The molecule has 4 rings (SSSR count). The molecule has 1 amide bonds. The lowest BCUT2D eigenvalue weighted by atomic mass is 10.2. The number of rotatable bonds is 5. The third-order valence-electron chi connectivity index (χ3n) is 3.78. The lowest BCUT2D eigenvalue weighted by Gasteiger charge is -2.09. The molecule has 0 bridgehead atoms. The zero-order valence-corrected chi connectivity index (χ0v) is 15.0. The average molecular weight is 387 g/mol.